The van der Waals surface area contributed by atoms with Gasteiger partial charge in [0.25, 0.3) is 0 Å². The van der Waals surface area contributed by atoms with Gasteiger partial charge in [0.2, 0.25) is 0 Å². The molecule has 0 bridgehead atoms. The van der Waals surface area contributed by atoms with Crippen LogP contribution in [-0.2, 0) is 0 Å². The van der Waals surface area contributed by atoms with Crippen LogP contribution in [0.25, 0.3) is 0 Å². The summed E-state index contributed by atoms with van der Waals surface area (Å²) in [6, 6.07) is 0.249. The fourth-order valence-electron chi connectivity index (χ4n) is 1.87. The molecule has 2 N–H and O–H groups in total. The Bertz CT molecular complexity index is 436. The van der Waals surface area contributed by atoms with Crippen molar-refractivity contribution >= 4 is 11.5 Å². The molecule has 0 saturated carbocycles. The van der Waals surface area contributed by atoms with E-state index in [4.69, 9.17) is 9.85 Å². The molecule has 3 heteroatoms. The van der Waals surface area contributed by atoms with Gasteiger partial charge in [-0.2, -0.15) is 0 Å². The summed E-state index contributed by atoms with van der Waals surface area (Å²) in [5.41, 5.74) is 5.73. The van der Waals surface area contributed by atoms with Crippen LogP contribution in [0.2, 0.25) is 0 Å². The van der Waals surface area contributed by atoms with Crippen LogP contribution in [0.4, 0.5) is 11.5 Å². The van der Waals surface area contributed by atoms with Crippen LogP contribution >= 0.6 is 0 Å². The first-order valence-corrected chi connectivity index (χ1v) is 5.02. The Morgan fingerprint density at radius 1 is 1.64 bits per heavy atom. The summed E-state index contributed by atoms with van der Waals surface area (Å²) in [6.07, 6.45) is 3.18. The molecule has 0 spiro atoms. The van der Waals surface area contributed by atoms with Gasteiger partial charge in [0, 0.05) is 30.5 Å². The Morgan fingerprint density at radius 3 is 3.29 bits per heavy atom. The van der Waals surface area contributed by atoms with Gasteiger partial charge in [-0.15, -0.1) is 0 Å². The Kier molecular flexibility index (Phi) is 1.73. The largest absolute Gasteiger partial charge is 0.399 e. The molecule has 1 saturated heterocycles. The topological polar surface area (TPSA) is 42.2 Å². The minimum absolute atomic E-state index is 0.0535. The van der Waals surface area contributed by atoms with Gasteiger partial charge in [0.1, 0.15) is 5.82 Å². The zero-order valence-electron chi connectivity index (χ0n) is 11.4. The molecule has 1 unspecified atom stereocenters. The van der Waals surface area contributed by atoms with E-state index in [0.29, 0.717) is 11.9 Å². The molecule has 0 radical (unpaired) electrons. The number of rotatable bonds is 1. The van der Waals surface area contributed by atoms with Crippen molar-refractivity contribution in [3.05, 3.63) is 18.3 Å². The van der Waals surface area contributed by atoms with Crippen LogP contribution in [0.15, 0.2) is 18.3 Å². The molecule has 3 nitrogen and oxygen atoms in total. The third-order valence-corrected chi connectivity index (χ3v) is 2.67. The standard InChI is InChI=1S/C11H17N3/c1-9-4-2-3-7-14(9)11-8-10(12)5-6-13-11/h5-6,8-9H,2-4,7H2,1H3,(H2,12,13)/i5D,6D,8D. The van der Waals surface area contributed by atoms with E-state index in [1.54, 1.807) is 0 Å². The van der Waals surface area contributed by atoms with Gasteiger partial charge < -0.3 is 10.6 Å². The lowest BCUT2D eigenvalue weighted by molar-refractivity contribution is 0.481. The highest BCUT2D eigenvalue weighted by Crippen LogP contribution is 2.23. The van der Waals surface area contributed by atoms with Gasteiger partial charge in [-0.1, -0.05) is 0 Å². The summed E-state index contributed by atoms with van der Waals surface area (Å²) in [5, 5.41) is 0. The van der Waals surface area contributed by atoms with Crippen molar-refractivity contribution in [2.75, 3.05) is 17.2 Å². The molecule has 1 aromatic rings. The van der Waals surface area contributed by atoms with E-state index in [2.05, 4.69) is 11.9 Å². The summed E-state index contributed by atoms with van der Waals surface area (Å²) < 4.78 is 23.1. The maximum Gasteiger partial charge on any atom is 0.130 e. The molecule has 2 heterocycles. The number of nitrogens with zero attached hydrogens (tertiary/aromatic N) is 2. The molecule has 76 valence electrons. The van der Waals surface area contributed by atoms with Crippen LogP contribution in [0.5, 0.6) is 0 Å². The average Bonchev–Trinajstić information content (AvgIpc) is 2.32. The number of hydrogen-bond acceptors (Lipinski definition) is 3. The van der Waals surface area contributed by atoms with Gasteiger partial charge in [-0.25, -0.2) is 4.98 Å². The highest BCUT2D eigenvalue weighted by molar-refractivity contribution is 5.50. The molecule has 0 aliphatic carbocycles. The van der Waals surface area contributed by atoms with E-state index in [1.807, 2.05) is 4.90 Å². The third kappa shape index (κ3) is 1.81. The van der Waals surface area contributed by atoms with Crippen molar-refractivity contribution in [1.29, 1.82) is 0 Å². The first-order valence-electron chi connectivity index (χ1n) is 6.52. The summed E-state index contributed by atoms with van der Waals surface area (Å²) in [7, 11) is 0. The lowest BCUT2D eigenvalue weighted by Crippen LogP contribution is -2.37. The monoisotopic (exact) mass is 194 g/mol. The van der Waals surface area contributed by atoms with Crippen molar-refractivity contribution in [1.82, 2.24) is 4.98 Å². The zero-order chi connectivity index (χ0) is 12.6. The quantitative estimate of drug-likeness (QED) is 0.744. The summed E-state index contributed by atoms with van der Waals surface area (Å²) in [5.74, 6) is 0.454. The number of hydrogen-bond donors (Lipinski definition) is 1. The number of anilines is 2. The second kappa shape index (κ2) is 3.86. The maximum atomic E-state index is 7.93. The van der Waals surface area contributed by atoms with E-state index in [0.717, 1.165) is 19.4 Å². The summed E-state index contributed by atoms with van der Waals surface area (Å²) >= 11 is 0. The smallest absolute Gasteiger partial charge is 0.130 e. The number of piperidine rings is 1. The van der Waals surface area contributed by atoms with Gasteiger partial charge in [-0.05, 0) is 32.2 Å². The summed E-state index contributed by atoms with van der Waals surface area (Å²) in [4.78, 5) is 6.07. The van der Waals surface area contributed by atoms with Gasteiger partial charge in [-0.3, -0.25) is 0 Å². The van der Waals surface area contributed by atoms with E-state index in [1.165, 1.54) is 6.42 Å². The number of nitrogen functional groups attached to an aromatic ring is 1. The van der Waals surface area contributed by atoms with Crippen LogP contribution in [0, 0.1) is 0 Å². The van der Waals surface area contributed by atoms with Crippen molar-refractivity contribution in [3.63, 3.8) is 0 Å². The average molecular weight is 194 g/mol. The molecule has 1 aliphatic heterocycles. The SMILES string of the molecule is [2H]c1nc(N2CCCCC2C)c([2H])c(N)c1[2H]. The Hall–Kier alpha value is -1.25. The Labute approximate surface area is 89.1 Å². The third-order valence-electron chi connectivity index (χ3n) is 2.67. The second-order valence-electron chi connectivity index (χ2n) is 3.75. The fraction of sp³-hybridized carbons (Fsp3) is 0.545. The molecule has 1 atom stereocenters. The maximum absolute atomic E-state index is 7.93. The molecule has 2 rings (SSSR count). The Morgan fingerprint density at radius 2 is 2.50 bits per heavy atom. The first-order chi connectivity index (χ1) is 8.02. The summed E-state index contributed by atoms with van der Waals surface area (Å²) in [6.45, 7) is 2.94. The first kappa shape index (κ1) is 6.27. The van der Waals surface area contributed by atoms with Crippen LogP contribution in [0.3, 0.4) is 0 Å². The van der Waals surface area contributed by atoms with Crippen LogP contribution in [-0.4, -0.2) is 17.6 Å². The Balaban J connectivity index is 2.44. The van der Waals surface area contributed by atoms with Crippen LogP contribution in [0.1, 0.15) is 30.3 Å². The molecule has 1 fully saturated rings. The fourth-order valence-corrected chi connectivity index (χ4v) is 1.87. The van der Waals surface area contributed by atoms with Gasteiger partial charge in [0.05, 0.1) is 4.11 Å². The lowest BCUT2D eigenvalue weighted by Gasteiger charge is -2.34. The van der Waals surface area contributed by atoms with Gasteiger partial charge in [0.15, 0.2) is 0 Å². The van der Waals surface area contributed by atoms with Crippen LogP contribution < -0.4 is 10.6 Å². The van der Waals surface area contributed by atoms with Crippen molar-refractivity contribution in [3.8, 4) is 0 Å². The highest BCUT2D eigenvalue weighted by Gasteiger charge is 2.19. The van der Waals surface area contributed by atoms with Crippen molar-refractivity contribution in [2.45, 2.75) is 32.2 Å². The predicted octanol–water partition coefficient (Wildman–Crippen LogP) is 2.04. The molecular weight excluding hydrogens is 174 g/mol. The van der Waals surface area contributed by atoms with Gasteiger partial charge >= 0.3 is 0 Å². The molecule has 14 heavy (non-hydrogen) atoms. The number of nitrogens with two attached hydrogens (primary N) is 1. The lowest BCUT2D eigenvalue weighted by atomic mass is 10.0. The number of aromatic nitrogens is 1. The molecular formula is C11H17N3. The van der Waals surface area contributed by atoms with Crippen molar-refractivity contribution < 1.29 is 4.11 Å². The van der Waals surface area contributed by atoms with E-state index in [-0.39, 0.29) is 23.9 Å². The minimum Gasteiger partial charge on any atom is -0.399 e. The molecule has 0 aromatic carbocycles. The van der Waals surface area contributed by atoms with E-state index in [9.17, 15) is 0 Å². The highest BCUT2D eigenvalue weighted by atomic mass is 15.2. The van der Waals surface area contributed by atoms with E-state index >= 15 is 0 Å². The second-order valence-corrected chi connectivity index (χ2v) is 3.75. The normalized spacial score (nSPS) is 25.4. The zero-order valence-corrected chi connectivity index (χ0v) is 8.38. The van der Waals surface area contributed by atoms with E-state index < -0.39 is 0 Å². The molecule has 1 aliphatic rings. The number of pyridine rings is 1. The minimum atomic E-state index is -0.150. The molecule has 0 amide bonds. The van der Waals surface area contributed by atoms with Crippen molar-refractivity contribution in [2.24, 2.45) is 0 Å². The predicted molar refractivity (Wildman–Crippen MR) is 59.3 cm³/mol. The molecule has 1 aromatic heterocycles.